The lowest BCUT2D eigenvalue weighted by atomic mass is 10.0. The second kappa shape index (κ2) is 13.0. The van der Waals surface area contributed by atoms with Crippen molar-refractivity contribution in [2.75, 3.05) is 33.6 Å². The third-order valence-electron chi connectivity index (χ3n) is 3.57. The van der Waals surface area contributed by atoms with Crippen LogP contribution in [0.15, 0.2) is 0 Å². The summed E-state index contributed by atoms with van der Waals surface area (Å²) >= 11 is 0. The average molecular weight is 422 g/mol. The Hall–Kier alpha value is -2.28. The van der Waals surface area contributed by atoms with Crippen LogP contribution in [0, 0.1) is 0 Å². The Kier molecular flexibility index (Phi) is 11.1. The van der Waals surface area contributed by atoms with Gasteiger partial charge in [0.15, 0.2) is 13.6 Å². The van der Waals surface area contributed by atoms with Gasteiger partial charge in [0.1, 0.15) is 44.4 Å². The topological polar surface area (TPSA) is 142 Å². The number of carbonyl (C=O) groups is 4. The number of hydrogen-bond donors (Lipinski definition) is 0. The molecule has 12 nitrogen and oxygen atoms in total. The third kappa shape index (κ3) is 10.2. The van der Waals surface area contributed by atoms with E-state index in [4.69, 9.17) is 37.9 Å². The van der Waals surface area contributed by atoms with Gasteiger partial charge in [0.2, 0.25) is 0 Å². The standard InChI is InChI=1S/C17H26O12/c1-10(18)22-5-14-16(28-7-24-12(3)20)17(29-8-25-13(4)21)15(27-9-26-14)6-23-11(2)19/h14-17H,5-9H2,1-4H3/t14-,15-,16-,17-/m1/s1. The summed E-state index contributed by atoms with van der Waals surface area (Å²) < 4.78 is 41.8. The van der Waals surface area contributed by atoms with Gasteiger partial charge < -0.3 is 37.9 Å². The van der Waals surface area contributed by atoms with Crippen LogP contribution in [0.2, 0.25) is 0 Å². The average Bonchev–Trinajstić information content (AvgIpc) is 2.77. The predicted molar refractivity (Wildman–Crippen MR) is 90.9 cm³/mol. The van der Waals surface area contributed by atoms with Gasteiger partial charge in [-0.25, -0.2) is 0 Å². The molecule has 1 fully saturated rings. The summed E-state index contributed by atoms with van der Waals surface area (Å²) in [4.78, 5) is 44.5. The van der Waals surface area contributed by atoms with Crippen LogP contribution in [0.3, 0.4) is 0 Å². The van der Waals surface area contributed by atoms with Crippen molar-refractivity contribution < 1.29 is 57.1 Å². The first-order chi connectivity index (χ1) is 13.7. The van der Waals surface area contributed by atoms with Gasteiger partial charge in [-0.15, -0.1) is 0 Å². The Bertz CT molecular complexity index is 515. The normalized spacial score (nSPS) is 24.1. The monoisotopic (exact) mass is 422 g/mol. The largest absolute Gasteiger partial charge is 0.463 e. The summed E-state index contributed by atoms with van der Waals surface area (Å²) in [5.74, 6) is -2.26. The van der Waals surface area contributed by atoms with E-state index in [1.165, 1.54) is 27.7 Å². The molecule has 29 heavy (non-hydrogen) atoms. The van der Waals surface area contributed by atoms with E-state index >= 15 is 0 Å². The Morgan fingerprint density at radius 3 is 1.31 bits per heavy atom. The van der Waals surface area contributed by atoms with E-state index in [9.17, 15) is 19.2 Å². The molecule has 0 unspecified atom stereocenters. The first kappa shape index (κ1) is 24.8. The fourth-order valence-electron chi connectivity index (χ4n) is 2.31. The summed E-state index contributed by atoms with van der Waals surface area (Å²) in [6.07, 6.45) is -3.74. The quantitative estimate of drug-likeness (QED) is 0.258. The molecule has 1 rings (SSSR count). The molecule has 1 saturated heterocycles. The molecule has 1 heterocycles. The van der Waals surface area contributed by atoms with Gasteiger partial charge in [0, 0.05) is 27.7 Å². The van der Waals surface area contributed by atoms with Crippen molar-refractivity contribution in [1.82, 2.24) is 0 Å². The second-order valence-electron chi connectivity index (χ2n) is 5.90. The molecule has 0 bridgehead atoms. The maximum absolute atomic E-state index is 11.2. The molecular weight excluding hydrogens is 396 g/mol. The lowest BCUT2D eigenvalue weighted by molar-refractivity contribution is -0.210. The molecule has 0 spiro atoms. The summed E-state index contributed by atoms with van der Waals surface area (Å²) in [6, 6.07) is 0. The molecule has 4 atom stereocenters. The van der Waals surface area contributed by atoms with Gasteiger partial charge in [-0.05, 0) is 0 Å². The summed E-state index contributed by atoms with van der Waals surface area (Å²) in [5, 5.41) is 0. The molecule has 0 aliphatic carbocycles. The van der Waals surface area contributed by atoms with E-state index in [0.29, 0.717) is 0 Å². The van der Waals surface area contributed by atoms with Gasteiger partial charge in [-0.3, -0.25) is 19.2 Å². The molecule has 0 saturated carbocycles. The van der Waals surface area contributed by atoms with E-state index in [0.717, 1.165) is 0 Å². The van der Waals surface area contributed by atoms with E-state index in [2.05, 4.69) is 0 Å². The maximum atomic E-state index is 11.2. The van der Waals surface area contributed by atoms with Gasteiger partial charge >= 0.3 is 23.9 Å². The molecule has 1 aliphatic rings. The zero-order chi connectivity index (χ0) is 21.8. The van der Waals surface area contributed by atoms with Crippen LogP contribution >= 0.6 is 0 Å². The lowest BCUT2D eigenvalue weighted by Crippen LogP contribution is -2.50. The molecule has 0 amide bonds. The molecule has 12 heteroatoms. The first-order valence-corrected chi connectivity index (χ1v) is 8.70. The Balaban J connectivity index is 3.01. The number of hydrogen-bond acceptors (Lipinski definition) is 12. The van der Waals surface area contributed by atoms with Crippen LogP contribution in [0.5, 0.6) is 0 Å². The highest BCUT2D eigenvalue weighted by Gasteiger charge is 2.42. The van der Waals surface area contributed by atoms with Crippen LogP contribution in [-0.2, 0) is 57.1 Å². The van der Waals surface area contributed by atoms with Crippen molar-refractivity contribution in [1.29, 1.82) is 0 Å². The molecule has 0 N–H and O–H groups in total. The fraction of sp³-hybridized carbons (Fsp3) is 0.765. The Labute approximate surface area is 167 Å². The summed E-state index contributed by atoms with van der Waals surface area (Å²) in [7, 11) is 0. The second-order valence-corrected chi connectivity index (χ2v) is 5.90. The molecular formula is C17H26O12. The van der Waals surface area contributed by atoms with Crippen LogP contribution in [0.25, 0.3) is 0 Å². The molecule has 0 radical (unpaired) electrons. The Morgan fingerprint density at radius 2 is 1.00 bits per heavy atom. The lowest BCUT2D eigenvalue weighted by Gasteiger charge is -2.32. The molecule has 0 aromatic carbocycles. The minimum atomic E-state index is -0.993. The molecule has 166 valence electrons. The van der Waals surface area contributed by atoms with Crippen molar-refractivity contribution in [2.45, 2.75) is 52.1 Å². The highest BCUT2D eigenvalue weighted by Crippen LogP contribution is 2.23. The van der Waals surface area contributed by atoms with Crippen molar-refractivity contribution in [2.24, 2.45) is 0 Å². The van der Waals surface area contributed by atoms with Crippen molar-refractivity contribution >= 4 is 23.9 Å². The minimum Gasteiger partial charge on any atom is -0.463 e. The zero-order valence-corrected chi connectivity index (χ0v) is 16.7. The molecule has 0 aromatic rings. The van der Waals surface area contributed by atoms with Crippen LogP contribution in [0.1, 0.15) is 27.7 Å². The number of esters is 4. The van der Waals surface area contributed by atoms with Crippen molar-refractivity contribution in [3.05, 3.63) is 0 Å². The van der Waals surface area contributed by atoms with E-state index < -0.39 is 61.9 Å². The predicted octanol–water partition coefficient (Wildman–Crippen LogP) is -0.334. The maximum Gasteiger partial charge on any atom is 0.304 e. The summed E-state index contributed by atoms with van der Waals surface area (Å²) in [5.41, 5.74) is 0. The summed E-state index contributed by atoms with van der Waals surface area (Å²) in [6.45, 7) is 3.27. The number of rotatable bonds is 10. The molecule has 1 aliphatic heterocycles. The van der Waals surface area contributed by atoms with E-state index in [-0.39, 0.29) is 20.0 Å². The van der Waals surface area contributed by atoms with Crippen molar-refractivity contribution in [3.63, 3.8) is 0 Å². The number of carbonyl (C=O) groups excluding carboxylic acids is 4. The van der Waals surface area contributed by atoms with Crippen LogP contribution < -0.4 is 0 Å². The molecule has 0 aromatic heterocycles. The minimum absolute atomic E-state index is 0.211. The SMILES string of the molecule is CC(=O)OCO[C@H]1[C@H](OCOC(C)=O)[C@@H](COC(C)=O)OCO[C@@H]1COC(C)=O. The third-order valence-corrected chi connectivity index (χ3v) is 3.57. The van der Waals surface area contributed by atoms with Gasteiger partial charge in [-0.1, -0.05) is 0 Å². The van der Waals surface area contributed by atoms with Gasteiger partial charge in [0.25, 0.3) is 0 Å². The fourth-order valence-corrected chi connectivity index (χ4v) is 2.31. The van der Waals surface area contributed by atoms with E-state index in [1.54, 1.807) is 0 Å². The van der Waals surface area contributed by atoms with Gasteiger partial charge in [-0.2, -0.15) is 0 Å². The van der Waals surface area contributed by atoms with Crippen LogP contribution in [0.4, 0.5) is 0 Å². The van der Waals surface area contributed by atoms with Crippen LogP contribution in [-0.4, -0.2) is 81.9 Å². The van der Waals surface area contributed by atoms with Gasteiger partial charge in [0.05, 0.1) is 0 Å². The van der Waals surface area contributed by atoms with E-state index in [1.807, 2.05) is 0 Å². The Morgan fingerprint density at radius 1 is 0.655 bits per heavy atom. The number of ether oxygens (including phenoxy) is 8. The first-order valence-electron chi connectivity index (χ1n) is 8.70. The highest BCUT2D eigenvalue weighted by atomic mass is 16.7. The smallest absolute Gasteiger partial charge is 0.304 e. The highest BCUT2D eigenvalue weighted by molar-refractivity contribution is 5.66. The zero-order valence-electron chi connectivity index (χ0n) is 16.7. The van der Waals surface area contributed by atoms with Crippen molar-refractivity contribution in [3.8, 4) is 0 Å².